The Morgan fingerprint density at radius 2 is 2.05 bits per heavy atom. The number of nitrogens with zero attached hydrogens (tertiary/aromatic N) is 1. The van der Waals surface area contributed by atoms with E-state index in [1.165, 1.54) is 44.9 Å². The number of likely N-dealkylation sites (tertiary alicyclic amines) is 1. The minimum absolute atomic E-state index is 0.774. The van der Waals surface area contributed by atoms with E-state index in [9.17, 15) is 0 Å². The van der Waals surface area contributed by atoms with Crippen LogP contribution in [0.1, 0.15) is 72.6 Å². The van der Waals surface area contributed by atoms with Gasteiger partial charge in [0.2, 0.25) is 0 Å². The van der Waals surface area contributed by atoms with Gasteiger partial charge in [-0.05, 0) is 64.2 Å². The predicted octanol–water partition coefficient (Wildman–Crippen LogP) is 5.02. The normalized spacial score (nSPS) is 38.3. The zero-order valence-corrected chi connectivity index (χ0v) is 13.4. The summed E-state index contributed by atoms with van der Waals surface area (Å²) in [6.45, 7) is 9.73. The summed E-state index contributed by atoms with van der Waals surface area (Å²) < 4.78 is 0. The molecule has 1 aliphatic heterocycles. The highest BCUT2D eigenvalue weighted by atomic mass is 15.2. The van der Waals surface area contributed by atoms with Crippen LogP contribution in [0.5, 0.6) is 0 Å². The molecule has 0 radical (unpaired) electrons. The number of rotatable bonds is 3. The molecule has 1 aliphatic carbocycles. The smallest absolute Gasteiger partial charge is 0.0132 e. The van der Waals surface area contributed by atoms with E-state index in [-0.39, 0.29) is 0 Å². The second kappa shape index (κ2) is 6.92. The fraction of sp³-hybridized carbons (Fsp3) is 0.889. The van der Waals surface area contributed by atoms with Crippen molar-refractivity contribution in [1.29, 1.82) is 0 Å². The fourth-order valence-electron chi connectivity index (χ4n) is 4.57. The summed E-state index contributed by atoms with van der Waals surface area (Å²) >= 11 is 0. The third kappa shape index (κ3) is 3.42. The topological polar surface area (TPSA) is 3.24 Å². The number of hydrogen-bond donors (Lipinski definition) is 0. The van der Waals surface area contributed by atoms with Crippen molar-refractivity contribution in [2.45, 2.75) is 90.8 Å². The molecule has 2 aliphatic rings. The molecule has 0 spiro atoms. The van der Waals surface area contributed by atoms with E-state index < -0.39 is 0 Å². The Bertz CT molecular complexity index is 296. The fourth-order valence-corrected chi connectivity index (χ4v) is 4.57. The van der Waals surface area contributed by atoms with Gasteiger partial charge in [-0.3, -0.25) is 4.90 Å². The Hall–Kier alpha value is -0.300. The molecule has 2 rings (SSSR count). The van der Waals surface area contributed by atoms with Crippen LogP contribution in [0.4, 0.5) is 0 Å². The molecule has 0 aromatic carbocycles. The predicted molar refractivity (Wildman–Crippen MR) is 84.3 cm³/mol. The summed E-state index contributed by atoms with van der Waals surface area (Å²) in [4.78, 5) is 2.88. The van der Waals surface area contributed by atoms with E-state index in [0.717, 1.165) is 30.0 Å². The van der Waals surface area contributed by atoms with Crippen LogP contribution in [0.2, 0.25) is 0 Å². The van der Waals surface area contributed by atoms with Crippen LogP contribution in [-0.4, -0.2) is 23.0 Å². The molecule has 0 aromatic rings. The van der Waals surface area contributed by atoms with Crippen LogP contribution in [-0.2, 0) is 0 Å². The van der Waals surface area contributed by atoms with E-state index in [1.807, 2.05) is 0 Å². The first-order valence-corrected chi connectivity index (χ1v) is 8.57. The van der Waals surface area contributed by atoms with E-state index in [4.69, 9.17) is 0 Å². The van der Waals surface area contributed by atoms with Gasteiger partial charge in [0.1, 0.15) is 0 Å². The number of hydrogen-bond acceptors (Lipinski definition) is 1. The molecule has 1 fully saturated rings. The van der Waals surface area contributed by atoms with E-state index in [0.29, 0.717) is 0 Å². The maximum Gasteiger partial charge on any atom is 0.0132 e. The summed E-state index contributed by atoms with van der Waals surface area (Å²) in [7, 11) is 0. The lowest BCUT2D eigenvalue weighted by molar-refractivity contribution is 0.110. The molecule has 1 nitrogen and oxygen atoms in total. The number of fused-ring (bicyclic) bond motifs is 1. The van der Waals surface area contributed by atoms with Crippen molar-refractivity contribution in [3.63, 3.8) is 0 Å². The molecule has 110 valence electrons. The first kappa shape index (κ1) is 15.1. The first-order chi connectivity index (χ1) is 9.15. The lowest BCUT2D eigenvalue weighted by atomic mass is 9.83. The zero-order chi connectivity index (χ0) is 13.8. The van der Waals surface area contributed by atoms with Gasteiger partial charge in [-0.1, -0.05) is 32.4 Å². The van der Waals surface area contributed by atoms with Crippen molar-refractivity contribution in [2.24, 2.45) is 11.8 Å². The van der Waals surface area contributed by atoms with Gasteiger partial charge in [-0.15, -0.1) is 0 Å². The van der Waals surface area contributed by atoms with Crippen molar-refractivity contribution in [1.82, 2.24) is 4.90 Å². The average Bonchev–Trinajstić information content (AvgIpc) is 2.72. The Morgan fingerprint density at radius 3 is 2.79 bits per heavy atom. The minimum Gasteiger partial charge on any atom is -0.295 e. The standard InChI is InChI=1S/C18H33N/c1-5-10-15(3)19-16(4)13-17-14(2)11-8-6-7-9-12-18(17)19/h6,8,14-18H,5,7,9-13H2,1-4H3. The van der Waals surface area contributed by atoms with E-state index >= 15 is 0 Å². The molecule has 5 atom stereocenters. The third-order valence-corrected chi connectivity index (χ3v) is 5.49. The van der Waals surface area contributed by atoms with Crippen LogP contribution >= 0.6 is 0 Å². The quantitative estimate of drug-likeness (QED) is 0.646. The summed E-state index contributed by atoms with van der Waals surface area (Å²) in [5, 5.41) is 0. The minimum atomic E-state index is 0.774. The molecule has 0 aromatic heterocycles. The van der Waals surface area contributed by atoms with Gasteiger partial charge >= 0.3 is 0 Å². The van der Waals surface area contributed by atoms with Gasteiger partial charge in [0.15, 0.2) is 0 Å². The third-order valence-electron chi connectivity index (χ3n) is 5.49. The highest BCUT2D eigenvalue weighted by Gasteiger charge is 2.42. The van der Waals surface area contributed by atoms with Gasteiger partial charge in [0, 0.05) is 18.1 Å². The number of allylic oxidation sites excluding steroid dienone is 2. The second-order valence-corrected chi connectivity index (χ2v) is 7.02. The summed E-state index contributed by atoms with van der Waals surface area (Å²) in [6, 6.07) is 2.42. The van der Waals surface area contributed by atoms with Crippen molar-refractivity contribution < 1.29 is 0 Å². The molecular weight excluding hydrogens is 230 g/mol. The van der Waals surface area contributed by atoms with Gasteiger partial charge < -0.3 is 0 Å². The molecule has 0 N–H and O–H groups in total. The lowest BCUT2D eigenvalue weighted by Crippen LogP contribution is -2.43. The Kier molecular flexibility index (Phi) is 5.50. The van der Waals surface area contributed by atoms with Crippen molar-refractivity contribution in [3.8, 4) is 0 Å². The van der Waals surface area contributed by atoms with Crippen LogP contribution in [0, 0.1) is 11.8 Å². The summed E-state index contributed by atoms with van der Waals surface area (Å²) in [5.74, 6) is 1.79. The van der Waals surface area contributed by atoms with Crippen LogP contribution in [0.3, 0.4) is 0 Å². The van der Waals surface area contributed by atoms with Crippen molar-refractivity contribution in [3.05, 3.63) is 12.2 Å². The van der Waals surface area contributed by atoms with Crippen molar-refractivity contribution >= 4 is 0 Å². The van der Waals surface area contributed by atoms with Crippen LogP contribution in [0.25, 0.3) is 0 Å². The maximum atomic E-state index is 2.88. The van der Waals surface area contributed by atoms with E-state index in [1.54, 1.807) is 0 Å². The Morgan fingerprint density at radius 1 is 1.26 bits per heavy atom. The molecule has 1 saturated heterocycles. The highest BCUT2D eigenvalue weighted by molar-refractivity contribution is 4.99. The largest absolute Gasteiger partial charge is 0.295 e. The van der Waals surface area contributed by atoms with Gasteiger partial charge in [-0.25, -0.2) is 0 Å². The second-order valence-electron chi connectivity index (χ2n) is 7.02. The molecule has 1 heterocycles. The zero-order valence-electron chi connectivity index (χ0n) is 13.4. The van der Waals surface area contributed by atoms with Gasteiger partial charge in [0.25, 0.3) is 0 Å². The molecule has 0 amide bonds. The molecule has 5 unspecified atom stereocenters. The SMILES string of the molecule is CCCC(C)N1C(C)CC2C(C)CC=CCCCC21. The van der Waals surface area contributed by atoms with Crippen molar-refractivity contribution in [2.75, 3.05) is 0 Å². The molecule has 19 heavy (non-hydrogen) atoms. The van der Waals surface area contributed by atoms with Crippen LogP contribution < -0.4 is 0 Å². The molecular formula is C18H33N. The van der Waals surface area contributed by atoms with Gasteiger partial charge in [-0.2, -0.15) is 0 Å². The highest BCUT2D eigenvalue weighted by Crippen LogP contribution is 2.41. The summed E-state index contributed by atoms with van der Waals surface area (Å²) in [5.41, 5.74) is 0. The molecule has 0 saturated carbocycles. The lowest BCUT2D eigenvalue weighted by Gasteiger charge is -2.36. The van der Waals surface area contributed by atoms with Gasteiger partial charge in [0.05, 0.1) is 0 Å². The molecule has 1 heteroatoms. The first-order valence-electron chi connectivity index (χ1n) is 8.57. The Labute approximate surface area is 120 Å². The molecule has 0 bridgehead atoms. The Balaban J connectivity index is 2.13. The maximum absolute atomic E-state index is 2.88. The summed E-state index contributed by atoms with van der Waals surface area (Å²) in [6.07, 6.45) is 14.3. The van der Waals surface area contributed by atoms with E-state index in [2.05, 4.69) is 44.7 Å². The monoisotopic (exact) mass is 263 g/mol. The van der Waals surface area contributed by atoms with Crippen LogP contribution in [0.15, 0.2) is 12.2 Å². The average molecular weight is 263 g/mol.